The third-order valence-corrected chi connectivity index (χ3v) is 2.20. The molecule has 0 aromatic heterocycles. The summed E-state index contributed by atoms with van der Waals surface area (Å²) in [6.45, 7) is 3.42. The molecule has 1 nitrogen and oxygen atoms in total. The number of hydrogen-bond acceptors (Lipinski definition) is 1. The van der Waals surface area contributed by atoms with E-state index in [4.69, 9.17) is 5.73 Å². The summed E-state index contributed by atoms with van der Waals surface area (Å²) in [6.07, 6.45) is 2.07. The zero-order valence-corrected chi connectivity index (χ0v) is 8.44. The van der Waals surface area contributed by atoms with Gasteiger partial charge in [0.2, 0.25) is 0 Å². The van der Waals surface area contributed by atoms with Crippen LogP contribution in [0.5, 0.6) is 0 Å². The van der Waals surface area contributed by atoms with Crippen LogP contribution in [-0.4, -0.2) is 0 Å². The molecule has 16 heavy (non-hydrogen) atoms. The van der Waals surface area contributed by atoms with Crippen LogP contribution in [0.1, 0.15) is 24.4 Å². The standard InChI is InChI=1S/C11H11F4N/c1-2-3-4-8(16)9-10(14)6(12)5-7(13)11(9)15/h2,5,8H,1,3-4,16H2/t8-/m0/s1. The minimum Gasteiger partial charge on any atom is -0.324 e. The van der Waals surface area contributed by atoms with Gasteiger partial charge in [-0.1, -0.05) is 6.08 Å². The van der Waals surface area contributed by atoms with Gasteiger partial charge in [-0.3, -0.25) is 0 Å². The first-order valence-electron chi connectivity index (χ1n) is 4.68. The van der Waals surface area contributed by atoms with E-state index in [-0.39, 0.29) is 12.5 Å². The average Bonchev–Trinajstić information content (AvgIpc) is 2.24. The Bertz CT molecular complexity index is 377. The van der Waals surface area contributed by atoms with Gasteiger partial charge in [-0.15, -0.1) is 6.58 Å². The maximum Gasteiger partial charge on any atom is 0.166 e. The predicted octanol–water partition coefficient (Wildman–Crippen LogP) is 3.21. The highest BCUT2D eigenvalue weighted by Gasteiger charge is 2.23. The van der Waals surface area contributed by atoms with Gasteiger partial charge < -0.3 is 5.73 Å². The Morgan fingerprint density at radius 1 is 1.19 bits per heavy atom. The summed E-state index contributed by atoms with van der Waals surface area (Å²) in [5, 5.41) is 0. The molecule has 1 aromatic carbocycles. The highest BCUT2D eigenvalue weighted by Crippen LogP contribution is 2.26. The van der Waals surface area contributed by atoms with Crippen LogP contribution in [0.15, 0.2) is 18.7 Å². The van der Waals surface area contributed by atoms with E-state index >= 15 is 0 Å². The summed E-state index contributed by atoms with van der Waals surface area (Å²) >= 11 is 0. The molecule has 0 fully saturated rings. The lowest BCUT2D eigenvalue weighted by Crippen LogP contribution is -2.16. The van der Waals surface area contributed by atoms with Crippen molar-refractivity contribution in [1.82, 2.24) is 0 Å². The topological polar surface area (TPSA) is 26.0 Å². The molecule has 0 unspecified atom stereocenters. The van der Waals surface area contributed by atoms with E-state index in [0.717, 1.165) is 0 Å². The quantitative estimate of drug-likeness (QED) is 0.482. The monoisotopic (exact) mass is 233 g/mol. The lowest BCUT2D eigenvalue weighted by atomic mass is 10.0. The van der Waals surface area contributed by atoms with Crippen LogP contribution in [0.4, 0.5) is 17.6 Å². The van der Waals surface area contributed by atoms with Gasteiger partial charge in [0, 0.05) is 17.7 Å². The summed E-state index contributed by atoms with van der Waals surface area (Å²) in [6, 6.07) is -0.933. The Morgan fingerprint density at radius 3 is 2.12 bits per heavy atom. The number of nitrogens with two attached hydrogens (primary N) is 1. The third kappa shape index (κ3) is 2.41. The van der Waals surface area contributed by atoms with Crippen molar-refractivity contribution in [2.24, 2.45) is 5.73 Å². The third-order valence-electron chi connectivity index (χ3n) is 2.20. The molecular weight excluding hydrogens is 222 g/mol. The summed E-state index contributed by atoms with van der Waals surface area (Å²) in [7, 11) is 0. The molecule has 0 amide bonds. The van der Waals surface area contributed by atoms with Crippen molar-refractivity contribution in [3.8, 4) is 0 Å². The molecule has 0 aliphatic carbocycles. The molecule has 0 heterocycles. The van der Waals surface area contributed by atoms with Crippen LogP contribution >= 0.6 is 0 Å². The Balaban J connectivity index is 3.15. The molecule has 0 aliphatic heterocycles. The number of hydrogen-bond donors (Lipinski definition) is 1. The second-order valence-corrected chi connectivity index (χ2v) is 3.35. The highest BCUT2D eigenvalue weighted by atomic mass is 19.2. The van der Waals surface area contributed by atoms with E-state index in [1.807, 2.05) is 0 Å². The van der Waals surface area contributed by atoms with E-state index in [2.05, 4.69) is 6.58 Å². The molecule has 0 bridgehead atoms. The fourth-order valence-corrected chi connectivity index (χ4v) is 1.36. The van der Waals surface area contributed by atoms with Crippen molar-refractivity contribution in [3.05, 3.63) is 47.6 Å². The van der Waals surface area contributed by atoms with Crippen LogP contribution < -0.4 is 5.73 Å². The lowest BCUT2D eigenvalue weighted by Gasteiger charge is -2.13. The Kier molecular flexibility index (Phi) is 4.06. The van der Waals surface area contributed by atoms with E-state index < -0.39 is 34.9 Å². The summed E-state index contributed by atoms with van der Waals surface area (Å²) in [5.41, 5.74) is 4.71. The normalized spacial score (nSPS) is 12.6. The minimum atomic E-state index is -1.44. The lowest BCUT2D eigenvalue weighted by molar-refractivity contribution is 0.423. The molecule has 88 valence electrons. The maximum atomic E-state index is 13.2. The van der Waals surface area contributed by atoms with Crippen molar-refractivity contribution in [3.63, 3.8) is 0 Å². The van der Waals surface area contributed by atoms with Gasteiger partial charge in [-0.25, -0.2) is 17.6 Å². The first-order chi connectivity index (χ1) is 7.49. The summed E-state index contributed by atoms with van der Waals surface area (Å²) in [4.78, 5) is 0. The summed E-state index contributed by atoms with van der Waals surface area (Å²) in [5.74, 6) is -5.75. The average molecular weight is 233 g/mol. The van der Waals surface area contributed by atoms with Gasteiger partial charge in [0.15, 0.2) is 23.3 Å². The van der Waals surface area contributed by atoms with E-state index in [0.29, 0.717) is 6.42 Å². The second kappa shape index (κ2) is 5.12. The predicted molar refractivity (Wildman–Crippen MR) is 52.6 cm³/mol. The smallest absolute Gasteiger partial charge is 0.166 e. The summed E-state index contributed by atoms with van der Waals surface area (Å²) < 4.78 is 52.2. The maximum absolute atomic E-state index is 13.2. The van der Waals surface area contributed by atoms with Gasteiger partial charge in [0.05, 0.1) is 0 Å². The van der Waals surface area contributed by atoms with Gasteiger partial charge >= 0.3 is 0 Å². The number of rotatable bonds is 4. The van der Waals surface area contributed by atoms with Crippen LogP contribution in [-0.2, 0) is 0 Å². The number of benzene rings is 1. The van der Waals surface area contributed by atoms with E-state index in [9.17, 15) is 17.6 Å². The second-order valence-electron chi connectivity index (χ2n) is 3.35. The SMILES string of the molecule is C=CCC[C@H](N)c1c(F)c(F)cc(F)c1F. The Morgan fingerprint density at radius 2 is 1.69 bits per heavy atom. The zero-order valence-electron chi connectivity index (χ0n) is 8.44. The highest BCUT2D eigenvalue weighted by molar-refractivity contribution is 5.25. The fraction of sp³-hybridized carbons (Fsp3) is 0.273. The molecule has 2 N–H and O–H groups in total. The van der Waals surface area contributed by atoms with Crippen molar-refractivity contribution in [1.29, 1.82) is 0 Å². The molecule has 0 saturated carbocycles. The largest absolute Gasteiger partial charge is 0.324 e. The molecule has 0 radical (unpaired) electrons. The van der Waals surface area contributed by atoms with Gasteiger partial charge in [-0.05, 0) is 12.8 Å². The molecule has 0 spiro atoms. The number of allylic oxidation sites excluding steroid dienone is 1. The zero-order chi connectivity index (χ0) is 12.3. The molecule has 1 aromatic rings. The molecule has 1 rings (SSSR count). The molecule has 1 atom stereocenters. The van der Waals surface area contributed by atoms with Crippen LogP contribution in [0.2, 0.25) is 0 Å². The molecule has 0 aliphatic rings. The first-order valence-corrected chi connectivity index (χ1v) is 4.68. The number of halogens is 4. The minimum absolute atomic E-state index is 0.161. The van der Waals surface area contributed by atoms with E-state index in [1.165, 1.54) is 6.08 Å². The van der Waals surface area contributed by atoms with Crippen molar-refractivity contribution in [2.45, 2.75) is 18.9 Å². The van der Waals surface area contributed by atoms with Gasteiger partial charge in [0.25, 0.3) is 0 Å². The van der Waals surface area contributed by atoms with Crippen LogP contribution in [0, 0.1) is 23.3 Å². The molecule has 5 heteroatoms. The Labute approximate surface area is 90.6 Å². The van der Waals surface area contributed by atoms with Crippen LogP contribution in [0.3, 0.4) is 0 Å². The van der Waals surface area contributed by atoms with Gasteiger partial charge in [0.1, 0.15) is 0 Å². The molecule has 0 saturated heterocycles. The van der Waals surface area contributed by atoms with Crippen molar-refractivity contribution >= 4 is 0 Å². The van der Waals surface area contributed by atoms with Crippen LogP contribution in [0.25, 0.3) is 0 Å². The van der Waals surface area contributed by atoms with E-state index in [1.54, 1.807) is 0 Å². The fourth-order valence-electron chi connectivity index (χ4n) is 1.36. The molecular formula is C11H11F4N. The first kappa shape index (κ1) is 12.7. The van der Waals surface area contributed by atoms with Gasteiger partial charge in [-0.2, -0.15) is 0 Å². The van der Waals surface area contributed by atoms with Crippen molar-refractivity contribution < 1.29 is 17.6 Å². The Hall–Kier alpha value is -1.36. The van der Waals surface area contributed by atoms with Crippen molar-refractivity contribution in [2.75, 3.05) is 0 Å².